The highest BCUT2D eigenvalue weighted by atomic mass is 19.4. The molecule has 0 aliphatic rings. The fourth-order valence-electron chi connectivity index (χ4n) is 1.47. The molecule has 4 nitrogen and oxygen atoms in total. The zero-order chi connectivity index (χ0) is 14.5. The van der Waals surface area contributed by atoms with Crippen molar-refractivity contribution in [2.75, 3.05) is 6.61 Å². The minimum atomic E-state index is -4.91. The third-order valence-electron chi connectivity index (χ3n) is 2.20. The molecule has 0 aliphatic heterocycles. The zero-order valence-electron chi connectivity index (χ0n) is 10.2. The fourth-order valence-corrected chi connectivity index (χ4v) is 1.47. The lowest BCUT2D eigenvalue weighted by molar-refractivity contribution is -0.275. The molecule has 0 saturated carbocycles. The van der Waals surface area contributed by atoms with E-state index in [1.54, 1.807) is 6.92 Å². The Balaban J connectivity index is 2.82. The molecule has 1 aromatic rings. The summed E-state index contributed by atoms with van der Waals surface area (Å²) in [7, 11) is 0. The van der Waals surface area contributed by atoms with E-state index in [-0.39, 0.29) is 25.0 Å². The van der Waals surface area contributed by atoms with E-state index in [1.807, 2.05) is 0 Å². The summed E-state index contributed by atoms with van der Waals surface area (Å²) in [6.45, 7) is 1.83. The van der Waals surface area contributed by atoms with Gasteiger partial charge in [-0.1, -0.05) is 12.1 Å². The molecule has 0 atom stereocenters. The van der Waals surface area contributed by atoms with Crippen molar-refractivity contribution in [3.63, 3.8) is 0 Å². The van der Waals surface area contributed by atoms with Crippen molar-refractivity contribution in [3.05, 3.63) is 23.8 Å². The molecule has 0 radical (unpaired) electrons. The maximum atomic E-state index is 12.2. The van der Waals surface area contributed by atoms with E-state index in [1.165, 1.54) is 12.1 Å². The van der Waals surface area contributed by atoms with E-state index < -0.39 is 23.8 Å². The van der Waals surface area contributed by atoms with Gasteiger partial charge in [-0.2, -0.15) is 0 Å². The number of carbonyl (C=O) groups excluding carboxylic acids is 1. The molecule has 106 valence electrons. The number of phenolic OH excluding ortho intramolecular Hbond substituents is 1. The third kappa shape index (κ3) is 5.07. The van der Waals surface area contributed by atoms with Gasteiger partial charge in [-0.05, 0) is 25.0 Å². The van der Waals surface area contributed by atoms with Gasteiger partial charge in [0.2, 0.25) is 0 Å². The first-order valence-electron chi connectivity index (χ1n) is 5.55. The van der Waals surface area contributed by atoms with Gasteiger partial charge in [-0.15, -0.1) is 13.2 Å². The maximum absolute atomic E-state index is 12.2. The molecule has 1 N–H and O–H groups in total. The smallest absolute Gasteiger partial charge is 0.504 e. The van der Waals surface area contributed by atoms with Gasteiger partial charge < -0.3 is 14.6 Å². The summed E-state index contributed by atoms with van der Waals surface area (Å²) in [5, 5.41) is 9.38. The van der Waals surface area contributed by atoms with Gasteiger partial charge in [0.15, 0.2) is 11.5 Å². The first-order chi connectivity index (χ1) is 8.83. The van der Waals surface area contributed by atoms with Crippen LogP contribution in [0.15, 0.2) is 18.2 Å². The Labute approximate surface area is 107 Å². The van der Waals surface area contributed by atoms with Crippen LogP contribution in [0, 0.1) is 0 Å². The third-order valence-corrected chi connectivity index (χ3v) is 2.20. The minimum absolute atomic E-state index is 0.0152. The highest BCUT2D eigenvalue weighted by molar-refractivity contribution is 5.70. The second-order valence-corrected chi connectivity index (χ2v) is 3.62. The highest BCUT2D eigenvalue weighted by Gasteiger charge is 2.33. The van der Waals surface area contributed by atoms with E-state index >= 15 is 0 Å². The molecule has 0 unspecified atom stereocenters. The summed E-state index contributed by atoms with van der Waals surface area (Å²) >= 11 is 0. The average Bonchev–Trinajstić information content (AvgIpc) is 2.29. The lowest BCUT2D eigenvalue weighted by Crippen LogP contribution is -2.18. The molecule has 19 heavy (non-hydrogen) atoms. The number of hydrogen-bond acceptors (Lipinski definition) is 4. The normalized spacial score (nSPS) is 11.2. The second-order valence-electron chi connectivity index (χ2n) is 3.62. The van der Waals surface area contributed by atoms with E-state index in [4.69, 9.17) is 0 Å². The Kier molecular flexibility index (Phi) is 5.02. The first-order valence-corrected chi connectivity index (χ1v) is 5.55. The summed E-state index contributed by atoms with van der Waals surface area (Å²) in [6.07, 6.45) is -5.01. The van der Waals surface area contributed by atoms with Crippen LogP contribution in [-0.4, -0.2) is 24.0 Å². The fraction of sp³-hybridized carbons (Fsp3) is 0.417. The van der Waals surface area contributed by atoms with Gasteiger partial charge in [0, 0.05) is 6.42 Å². The van der Waals surface area contributed by atoms with Crippen LogP contribution in [0.4, 0.5) is 13.2 Å². The summed E-state index contributed by atoms with van der Waals surface area (Å²) in [5.41, 5.74) is 0.0883. The van der Waals surface area contributed by atoms with Gasteiger partial charge in [0.1, 0.15) is 0 Å². The molecule has 0 saturated heterocycles. The van der Waals surface area contributed by atoms with Gasteiger partial charge >= 0.3 is 12.3 Å². The van der Waals surface area contributed by atoms with E-state index in [0.717, 1.165) is 6.07 Å². The molecule has 1 rings (SSSR count). The predicted octanol–water partition coefficient (Wildman–Crippen LogP) is 2.79. The zero-order valence-corrected chi connectivity index (χ0v) is 10.2. The summed E-state index contributed by atoms with van der Waals surface area (Å²) in [4.78, 5) is 11.2. The number of carbonyl (C=O) groups is 1. The van der Waals surface area contributed by atoms with Gasteiger partial charge in [0.25, 0.3) is 0 Å². The van der Waals surface area contributed by atoms with Crippen molar-refractivity contribution in [2.24, 2.45) is 0 Å². The molecule has 0 spiro atoms. The van der Waals surface area contributed by atoms with Crippen molar-refractivity contribution in [3.8, 4) is 11.5 Å². The molecular formula is C12H13F3O4. The Morgan fingerprint density at radius 3 is 2.63 bits per heavy atom. The largest absolute Gasteiger partial charge is 0.573 e. The number of halogens is 3. The number of hydrogen-bond donors (Lipinski definition) is 1. The molecule has 1 aromatic carbocycles. The van der Waals surface area contributed by atoms with Crippen molar-refractivity contribution < 1.29 is 32.5 Å². The standard InChI is InChI=1S/C12H13F3O4/c1-2-18-10(17)7-6-8-4-3-5-9(16)11(8)19-12(13,14)15/h3-5,16H,2,6-7H2,1H3. The monoisotopic (exact) mass is 278 g/mol. The number of aromatic hydroxyl groups is 1. The second kappa shape index (κ2) is 6.31. The summed E-state index contributed by atoms with van der Waals surface area (Å²) < 4.78 is 45.0. The number of benzene rings is 1. The number of para-hydroxylation sites is 1. The molecule has 0 aliphatic carbocycles. The highest BCUT2D eigenvalue weighted by Crippen LogP contribution is 2.35. The van der Waals surface area contributed by atoms with E-state index in [2.05, 4.69) is 9.47 Å². The molecule has 7 heteroatoms. The first kappa shape index (κ1) is 15.1. The number of phenols is 1. The molecular weight excluding hydrogens is 265 g/mol. The number of alkyl halides is 3. The molecule has 0 amide bonds. The topological polar surface area (TPSA) is 55.8 Å². The molecule has 0 bridgehead atoms. The van der Waals surface area contributed by atoms with Crippen LogP contribution in [0.3, 0.4) is 0 Å². The average molecular weight is 278 g/mol. The lowest BCUT2D eigenvalue weighted by atomic mass is 10.1. The number of rotatable bonds is 5. The summed E-state index contributed by atoms with van der Waals surface area (Å²) in [5.74, 6) is -1.83. The number of aryl methyl sites for hydroxylation is 1. The van der Waals surface area contributed by atoms with Crippen LogP contribution in [0.25, 0.3) is 0 Å². The Hall–Kier alpha value is -1.92. The minimum Gasteiger partial charge on any atom is -0.504 e. The number of ether oxygens (including phenoxy) is 2. The lowest BCUT2D eigenvalue weighted by Gasteiger charge is -2.14. The van der Waals surface area contributed by atoms with E-state index in [0.29, 0.717) is 0 Å². The Morgan fingerprint density at radius 1 is 1.37 bits per heavy atom. The van der Waals surface area contributed by atoms with Crippen LogP contribution in [0.1, 0.15) is 18.9 Å². The molecule has 0 aromatic heterocycles. The van der Waals surface area contributed by atoms with Crippen LogP contribution >= 0.6 is 0 Å². The SMILES string of the molecule is CCOC(=O)CCc1cccc(O)c1OC(F)(F)F. The maximum Gasteiger partial charge on any atom is 0.573 e. The van der Waals surface area contributed by atoms with Crippen molar-refractivity contribution in [1.29, 1.82) is 0 Å². The van der Waals surface area contributed by atoms with Crippen LogP contribution in [0.2, 0.25) is 0 Å². The van der Waals surface area contributed by atoms with Gasteiger partial charge in [-0.3, -0.25) is 4.79 Å². The molecule has 0 fully saturated rings. The van der Waals surface area contributed by atoms with E-state index in [9.17, 15) is 23.1 Å². The van der Waals surface area contributed by atoms with Gasteiger partial charge in [-0.25, -0.2) is 0 Å². The van der Waals surface area contributed by atoms with Crippen LogP contribution in [-0.2, 0) is 16.0 Å². The number of esters is 1. The van der Waals surface area contributed by atoms with Crippen molar-refractivity contribution >= 4 is 5.97 Å². The van der Waals surface area contributed by atoms with Crippen LogP contribution in [0.5, 0.6) is 11.5 Å². The van der Waals surface area contributed by atoms with Crippen molar-refractivity contribution in [1.82, 2.24) is 0 Å². The van der Waals surface area contributed by atoms with Crippen LogP contribution < -0.4 is 4.74 Å². The van der Waals surface area contributed by atoms with Crippen molar-refractivity contribution in [2.45, 2.75) is 26.1 Å². The quantitative estimate of drug-likeness (QED) is 0.841. The Bertz CT molecular complexity index is 443. The Morgan fingerprint density at radius 2 is 2.05 bits per heavy atom. The summed E-state index contributed by atoms with van der Waals surface area (Å²) in [6, 6.07) is 3.80. The predicted molar refractivity (Wildman–Crippen MR) is 59.7 cm³/mol. The molecule has 0 heterocycles. The van der Waals surface area contributed by atoms with Gasteiger partial charge in [0.05, 0.1) is 6.61 Å².